The first-order chi connectivity index (χ1) is 13.1. The molecular weight excluding hydrogens is 334 g/mol. The van der Waals surface area contributed by atoms with Crippen molar-refractivity contribution in [2.24, 2.45) is 5.41 Å². The number of hydrogen-bond donors (Lipinski definition) is 0. The van der Waals surface area contributed by atoms with Gasteiger partial charge in [0.2, 0.25) is 0 Å². The van der Waals surface area contributed by atoms with E-state index < -0.39 is 0 Å². The molecule has 140 valence electrons. The second kappa shape index (κ2) is 7.22. The molecule has 4 rings (SSSR count). The first-order valence-electron chi connectivity index (χ1n) is 9.79. The fraction of sp³-hybridized carbons (Fsp3) is 0.375. The van der Waals surface area contributed by atoms with Crippen molar-refractivity contribution in [3.63, 3.8) is 0 Å². The highest BCUT2D eigenvalue weighted by Crippen LogP contribution is 2.47. The monoisotopic (exact) mass is 361 g/mol. The van der Waals surface area contributed by atoms with E-state index in [1.807, 2.05) is 54.6 Å². The van der Waals surface area contributed by atoms with Crippen LogP contribution in [0.1, 0.15) is 49.0 Å². The van der Waals surface area contributed by atoms with Gasteiger partial charge in [0.25, 0.3) is 5.91 Å². The number of para-hydroxylation sites is 1. The van der Waals surface area contributed by atoms with Gasteiger partial charge >= 0.3 is 0 Å². The molecule has 1 heterocycles. The zero-order valence-corrected chi connectivity index (χ0v) is 16.2. The third-order valence-electron chi connectivity index (χ3n) is 5.93. The van der Waals surface area contributed by atoms with Gasteiger partial charge in [0.1, 0.15) is 12.4 Å². The Morgan fingerprint density at radius 1 is 1.19 bits per heavy atom. The number of nitrogens with zero attached hydrogens (tertiary/aromatic N) is 1. The molecule has 1 saturated heterocycles. The van der Waals surface area contributed by atoms with Crippen LogP contribution in [0.4, 0.5) is 0 Å². The van der Waals surface area contributed by atoms with Gasteiger partial charge in [0, 0.05) is 23.7 Å². The maximum Gasteiger partial charge on any atom is 0.254 e. The van der Waals surface area contributed by atoms with Crippen LogP contribution >= 0.6 is 0 Å². The van der Waals surface area contributed by atoms with Gasteiger partial charge in [-0.3, -0.25) is 4.79 Å². The molecule has 0 aromatic heterocycles. The van der Waals surface area contributed by atoms with Crippen molar-refractivity contribution in [2.75, 3.05) is 6.54 Å². The molecule has 2 aromatic carbocycles. The lowest BCUT2D eigenvalue weighted by Gasteiger charge is -2.29. The SMILES string of the molecule is C/C=C1/CC2CC(C)(C1)CN2C(=O)c1ccccc1COc1ccccc1. The molecule has 1 aliphatic carbocycles. The molecule has 2 aromatic rings. The molecule has 2 atom stereocenters. The highest BCUT2D eigenvalue weighted by molar-refractivity contribution is 5.96. The summed E-state index contributed by atoms with van der Waals surface area (Å²) in [4.78, 5) is 15.5. The van der Waals surface area contributed by atoms with E-state index in [2.05, 4.69) is 24.8 Å². The number of allylic oxidation sites excluding steroid dienone is 1. The molecule has 0 radical (unpaired) electrons. The smallest absolute Gasteiger partial charge is 0.254 e. The number of rotatable bonds is 4. The van der Waals surface area contributed by atoms with Gasteiger partial charge in [0.05, 0.1) is 0 Å². The Hall–Kier alpha value is -2.55. The largest absolute Gasteiger partial charge is 0.489 e. The van der Waals surface area contributed by atoms with Crippen molar-refractivity contribution in [1.29, 1.82) is 0 Å². The second-order valence-corrected chi connectivity index (χ2v) is 8.19. The first kappa shape index (κ1) is 17.8. The molecule has 0 spiro atoms. The zero-order valence-electron chi connectivity index (χ0n) is 16.2. The van der Waals surface area contributed by atoms with E-state index in [0.717, 1.165) is 42.7 Å². The Balaban J connectivity index is 1.54. The summed E-state index contributed by atoms with van der Waals surface area (Å²) < 4.78 is 5.91. The molecule has 0 N–H and O–H groups in total. The molecule has 1 amide bonds. The Morgan fingerprint density at radius 2 is 1.93 bits per heavy atom. The van der Waals surface area contributed by atoms with Gasteiger partial charge in [-0.05, 0) is 49.8 Å². The number of carbonyl (C=O) groups excluding carboxylic acids is 1. The highest BCUT2D eigenvalue weighted by Gasteiger charge is 2.46. The summed E-state index contributed by atoms with van der Waals surface area (Å²) in [6, 6.07) is 17.9. The van der Waals surface area contributed by atoms with Gasteiger partial charge < -0.3 is 9.64 Å². The van der Waals surface area contributed by atoms with Gasteiger partial charge in [-0.1, -0.05) is 55.0 Å². The minimum atomic E-state index is 0.147. The van der Waals surface area contributed by atoms with Crippen LogP contribution in [0.15, 0.2) is 66.2 Å². The van der Waals surface area contributed by atoms with Crippen LogP contribution < -0.4 is 4.74 Å². The van der Waals surface area contributed by atoms with Gasteiger partial charge in [-0.15, -0.1) is 0 Å². The van der Waals surface area contributed by atoms with Crippen molar-refractivity contribution in [3.8, 4) is 5.75 Å². The van der Waals surface area contributed by atoms with Crippen LogP contribution in [0, 0.1) is 5.41 Å². The standard InChI is InChI=1S/C24H27NO2/c1-3-18-13-20-15-24(2,14-18)17-25(20)23(26)22-12-8-7-9-19(22)16-27-21-10-5-4-6-11-21/h3-12,20H,13-17H2,1-2H3/b18-3-. The minimum absolute atomic E-state index is 0.147. The molecule has 3 heteroatoms. The first-order valence-corrected chi connectivity index (χ1v) is 9.79. The summed E-state index contributed by atoms with van der Waals surface area (Å²) >= 11 is 0. The lowest BCUT2D eigenvalue weighted by atomic mass is 9.75. The Labute approximate surface area is 161 Å². The predicted octanol–water partition coefficient (Wildman–Crippen LogP) is 5.23. The van der Waals surface area contributed by atoms with Crippen molar-refractivity contribution >= 4 is 5.91 Å². The molecule has 1 saturated carbocycles. The molecule has 27 heavy (non-hydrogen) atoms. The molecule has 2 unspecified atom stereocenters. The van der Waals surface area contributed by atoms with E-state index in [0.29, 0.717) is 12.6 Å². The van der Waals surface area contributed by atoms with Gasteiger partial charge in [0.15, 0.2) is 0 Å². The normalized spacial score (nSPS) is 25.6. The maximum absolute atomic E-state index is 13.4. The molecule has 3 nitrogen and oxygen atoms in total. The molecule has 2 fully saturated rings. The van der Waals surface area contributed by atoms with Crippen LogP contribution in [0.25, 0.3) is 0 Å². The summed E-state index contributed by atoms with van der Waals surface area (Å²) in [6.07, 6.45) is 5.47. The summed E-state index contributed by atoms with van der Waals surface area (Å²) in [5.41, 5.74) is 3.43. The van der Waals surface area contributed by atoms with Crippen molar-refractivity contribution in [3.05, 3.63) is 77.4 Å². The van der Waals surface area contributed by atoms with E-state index in [-0.39, 0.29) is 11.3 Å². The van der Waals surface area contributed by atoms with E-state index in [9.17, 15) is 4.79 Å². The van der Waals surface area contributed by atoms with E-state index in [1.54, 1.807) is 0 Å². The summed E-state index contributed by atoms with van der Waals surface area (Å²) in [6.45, 7) is 5.69. The van der Waals surface area contributed by atoms with E-state index >= 15 is 0 Å². The molecular formula is C24H27NO2. The lowest BCUT2D eigenvalue weighted by Crippen LogP contribution is -2.36. The lowest BCUT2D eigenvalue weighted by molar-refractivity contribution is 0.0730. The van der Waals surface area contributed by atoms with E-state index in [1.165, 1.54) is 5.57 Å². The minimum Gasteiger partial charge on any atom is -0.489 e. The van der Waals surface area contributed by atoms with Crippen molar-refractivity contribution in [1.82, 2.24) is 4.90 Å². The third-order valence-corrected chi connectivity index (χ3v) is 5.93. The summed E-state index contributed by atoms with van der Waals surface area (Å²) in [5, 5.41) is 0. The second-order valence-electron chi connectivity index (χ2n) is 8.19. The van der Waals surface area contributed by atoms with Crippen LogP contribution in [-0.2, 0) is 6.61 Å². The van der Waals surface area contributed by atoms with Crippen LogP contribution in [0.5, 0.6) is 5.75 Å². The quantitative estimate of drug-likeness (QED) is 0.698. The number of likely N-dealkylation sites (tertiary alicyclic amines) is 1. The summed E-state index contributed by atoms with van der Waals surface area (Å²) in [7, 11) is 0. The van der Waals surface area contributed by atoms with Crippen LogP contribution in [-0.4, -0.2) is 23.4 Å². The number of carbonyl (C=O) groups is 1. The molecule has 2 bridgehead atoms. The fourth-order valence-corrected chi connectivity index (χ4v) is 4.66. The Bertz CT molecular complexity index is 858. The Kier molecular flexibility index (Phi) is 4.77. The van der Waals surface area contributed by atoms with Crippen LogP contribution in [0.3, 0.4) is 0 Å². The fourth-order valence-electron chi connectivity index (χ4n) is 4.66. The number of hydrogen-bond acceptors (Lipinski definition) is 2. The number of benzene rings is 2. The predicted molar refractivity (Wildman–Crippen MR) is 108 cm³/mol. The molecule has 1 aliphatic heterocycles. The number of amides is 1. The topological polar surface area (TPSA) is 29.5 Å². The number of ether oxygens (including phenoxy) is 1. The van der Waals surface area contributed by atoms with Crippen molar-refractivity contribution in [2.45, 2.75) is 45.8 Å². The average Bonchev–Trinajstić information content (AvgIpc) is 2.95. The molecule has 2 aliphatic rings. The van der Waals surface area contributed by atoms with Gasteiger partial charge in [-0.2, -0.15) is 0 Å². The van der Waals surface area contributed by atoms with Gasteiger partial charge in [-0.25, -0.2) is 0 Å². The highest BCUT2D eigenvalue weighted by atomic mass is 16.5. The maximum atomic E-state index is 13.4. The average molecular weight is 361 g/mol. The Morgan fingerprint density at radius 3 is 2.70 bits per heavy atom. The third kappa shape index (κ3) is 3.64. The van der Waals surface area contributed by atoms with E-state index in [4.69, 9.17) is 4.74 Å². The van der Waals surface area contributed by atoms with Crippen molar-refractivity contribution < 1.29 is 9.53 Å². The zero-order chi connectivity index (χ0) is 18.9. The summed E-state index contributed by atoms with van der Waals surface area (Å²) in [5.74, 6) is 0.968. The number of fused-ring (bicyclic) bond motifs is 2. The van der Waals surface area contributed by atoms with Crippen LogP contribution in [0.2, 0.25) is 0 Å².